The summed E-state index contributed by atoms with van der Waals surface area (Å²) < 4.78 is 13.6. The van der Waals surface area contributed by atoms with Gasteiger partial charge in [0.1, 0.15) is 5.82 Å². The first-order chi connectivity index (χ1) is 7.72. The van der Waals surface area contributed by atoms with Crippen molar-refractivity contribution < 1.29 is 9.18 Å². The van der Waals surface area contributed by atoms with Gasteiger partial charge in [-0.3, -0.25) is 4.79 Å². The largest absolute Gasteiger partial charge is 0.343 e. The van der Waals surface area contributed by atoms with Gasteiger partial charge in [0.05, 0.1) is 0 Å². The molecule has 1 saturated heterocycles. The first-order valence-corrected chi connectivity index (χ1v) is 5.74. The zero-order chi connectivity index (χ0) is 11.5. The normalized spacial score (nSPS) is 21.2. The highest BCUT2D eigenvalue weighted by molar-refractivity contribution is 5.78. The molecule has 2 nitrogen and oxygen atoms in total. The number of carbonyl (C=O) groups excluding carboxylic acids is 1. The lowest BCUT2D eigenvalue weighted by Crippen LogP contribution is -2.37. The van der Waals surface area contributed by atoms with Crippen LogP contribution in [0.15, 0.2) is 24.3 Å². The molecule has 0 aromatic heterocycles. The summed E-state index contributed by atoms with van der Waals surface area (Å²) in [5, 5.41) is 0. The van der Waals surface area contributed by atoms with E-state index in [0.717, 1.165) is 19.5 Å². The maximum atomic E-state index is 13.6. The molecule has 0 aliphatic carbocycles. The van der Waals surface area contributed by atoms with E-state index in [9.17, 15) is 9.18 Å². The number of halogens is 1. The lowest BCUT2D eigenvalue weighted by atomic mass is 9.89. The summed E-state index contributed by atoms with van der Waals surface area (Å²) in [6.45, 7) is 3.47. The molecule has 0 radical (unpaired) electrons. The quantitative estimate of drug-likeness (QED) is 0.751. The van der Waals surface area contributed by atoms with Gasteiger partial charge in [-0.1, -0.05) is 18.2 Å². The number of hydrogen-bond acceptors (Lipinski definition) is 1. The van der Waals surface area contributed by atoms with Crippen molar-refractivity contribution in [1.29, 1.82) is 0 Å². The van der Waals surface area contributed by atoms with Crippen molar-refractivity contribution in [3.63, 3.8) is 0 Å². The molecule has 86 valence electrons. The van der Waals surface area contributed by atoms with Crippen LogP contribution in [0.4, 0.5) is 4.39 Å². The number of likely N-dealkylation sites (tertiary alicyclic amines) is 1. The van der Waals surface area contributed by atoms with Crippen LogP contribution in [0.25, 0.3) is 0 Å². The molecule has 1 unspecified atom stereocenters. The fraction of sp³-hybridized carbons (Fsp3) is 0.462. The maximum Gasteiger partial charge on any atom is 0.223 e. The molecule has 1 fully saturated rings. The van der Waals surface area contributed by atoms with Gasteiger partial charge in [0, 0.05) is 19.5 Å². The van der Waals surface area contributed by atoms with E-state index in [1.54, 1.807) is 12.1 Å². The zero-order valence-electron chi connectivity index (χ0n) is 9.45. The monoisotopic (exact) mass is 221 g/mol. The van der Waals surface area contributed by atoms with Crippen LogP contribution in [0, 0.1) is 5.82 Å². The minimum Gasteiger partial charge on any atom is -0.343 e. The second kappa shape index (κ2) is 4.64. The molecule has 0 N–H and O–H groups in total. The molecule has 1 aromatic rings. The summed E-state index contributed by atoms with van der Waals surface area (Å²) in [4.78, 5) is 13.6. The molecule has 1 aromatic carbocycles. The summed E-state index contributed by atoms with van der Waals surface area (Å²) in [5.74, 6) is 0.00347. The van der Waals surface area contributed by atoms with Gasteiger partial charge >= 0.3 is 0 Å². The third-order valence-electron chi connectivity index (χ3n) is 3.25. The minimum absolute atomic E-state index is 0.0523. The molecule has 1 aliphatic rings. The van der Waals surface area contributed by atoms with Crippen molar-refractivity contribution in [3.05, 3.63) is 35.6 Å². The average Bonchev–Trinajstić information content (AvgIpc) is 2.29. The third kappa shape index (κ3) is 2.08. The number of rotatable bonds is 2. The summed E-state index contributed by atoms with van der Waals surface area (Å²) in [5.41, 5.74) is 0.687. The fourth-order valence-electron chi connectivity index (χ4n) is 2.28. The zero-order valence-corrected chi connectivity index (χ0v) is 9.45. The third-order valence-corrected chi connectivity index (χ3v) is 3.25. The predicted molar refractivity (Wildman–Crippen MR) is 60.6 cm³/mol. The molecule has 1 amide bonds. The lowest BCUT2D eigenvalue weighted by molar-refractivity contribution is -0.133. The Labute approximate surface area is 95.1 Å². The van der Waals surface area contributed by atoms with Crippen molar-refractivity contribution in [2.45, 2.75) is 25.7 Å². The fourth-order valence-corrected chi connectivity index (χ4v) is 2.28. The predicted octanol–water partition coefficient (Wildman–Crippen LogP) is 2.55. The van der Waals surface area contributed by atoms with Gasteiger partial charge in [-0.05, 0) is 30.9 Å². The Hall–Kier alpha value is -1.38. The van der Waals surface area contributed by atoms with Gasteiger partial charge in [-0.2, -0.15) is 0 Å². The van der Waals surface area contributed by atoms with Gasteiger partial charge in [0.2, 0.25) is 5.91 Å². The van der Waals surface area contributed by atoms with Crippen LogP contribution in [0.3, 0.4) is 0 Å². The number of piperidine rings is 1. The van der Waals surface area contributed by atoms with E-state index in [2.05, 4.69) is 0 Å². The first-order valence-electron chi connectivity index (χ1n) is 5.74. The van der Waals surface area contributed by atoms with Gasteiger partial charge in [-0.25, -0.2) is 4.39 Å². The summed E-state index contributed by atoms with van der Waals surface area (Å²) in [6.07, 6.45) is 1.30. The molecule has 1 atom stereocenters. The van der Waals surface area contributed by atoms with E-state index in [0.29, 0.717) is 12.0 Å². The number of nitrogens with zero attached hydrogens (tertiary/aromatic N) is 1. The molecular formula is C13H16FNO. The number of benzene rings is 1. The second-order valence-electron chi connectivity index (χ2n) is 4.18. The maximum absolute atomic E-state index is 13.6. The van der Waals surface area contributed by atoms with E-state index in [-0.39, 0.29) is 17.6 Å². The molecule has 3 heteroatoms. The van der Waals surface area contributed by atoms with Gasteiger partial charge < -0.3 is 4.90 Å². The molecule has 2 rings (SSSR count). The van der Waals surface area contributed by atoms with Crippen molar-refractivity contribution in [1.82, 2.24) is 4.90 Å². The Morgan fingerprint density at radius 3 is 2.81 bits per heavy atom. The number of carbonyl (C=O) groups is 1. The summed E-state index contributed by atoms with van der Waals surface area (Å²) in [7, 11) is 0. The Bertz CT molecular complexity index is 391. The van der Waals surface area contributed by atoms with E-state index >= 15 is 0 Å². The van der Waals surface area contributed by atoms with Crippen LogP contribution < -0.4 is 0 Å². The highest BCUT2D eigenvalue weighted by atomic mass is 19.1. The summed E-state index contributed by atoms with van der Waals surface area (Å²) >= 11 is 0. The molecule has 1 heterocycles. The van der Waals surface area contributed by atoms with Crippen molar-refractivity contribution >= 4 is 5.91 Å². The Morgan fingerprint density at radius 2 is 2.19 bits per heavy atom. The SMILES string of the molecule is CCN1CCC(c2ccccc2F)CC1=O. The summed E-state index contributed by atoms with van der Waals surface area (Å²) in [6, 6.07) is 6.76. The number of amides is 1. The van der Waals surface area contributed by atoms with E-state index in [1.807, 2.05) is 17.9 Å². The van der Waals surface area contributed by atoms with Crippen LogP contribution in [0.2, 0.25) is 0 Å². The minimum atomic E-state index is -0.190. The number of hydrogen-bond donors (Lipinski definition) is 0. The Balaban J connectivity index is 2.14. The topological polar surface area (TPSA) is 20.3 Å². The Morgan fingerprint density at radius 1 is 1.44 bits per heavy atom. The van der Waals surface area contributed by atoms with Crippen LogP contribution >= 0.6 is 0 Å². The van der Waals surface area contributed by atoms with Crippen molar-refractivity contribution in [2.75, 3.05) is 13.1 Å². The van der Waals surface area contributed by atoms with Crippen LogP contribution in [-0.4, -0.2) is 23.9 Å². The first kappa shape index (κ1) is 11.1. The molecule has 0 saturated carbocycles. The highest BCUT2D eigenvalue weighted by Gasteiger charge is 2.27. The average molecular weight is 221 g/mol. The smallest absolute Gasteiger partial charge is 0.223 e. The van der Waals surface area contributed by atoms with Crippen molar-refractivity contribution in [3.8, 4) is 0 Å². The highest BCUT2D eigenvalue weighted by Crippen LogP contribution is 2.30. The van der Waals surface area contributed by atoms with Gasteiger partial charge in [-0.15, -0.1) is 0 Å². The van der Waals surface area contributed by atoms with Crippen LogP contribution in [-0.2, 0) is 4.79 Å². The molecule has 0 bridgehead atoms. The Kier molecular flexibility index (Phi) is 3.22. The van der Waals surface area contributed by atoms with E-state index in [1.165, 1.54) is 6.07 Å². The van der Waals surface area contributed by atoms with Crippen molar-refractivity contribution in [2.24, 2.45) is 0 Å². The molecular weight excluding hydrogens is 205 g/mol. The molecule has 0 spiro atoms. The van der Waals surface area contributed by atoms with E-state index < -0.39 is 0 Å². The lowest BCUT2D eigenvalue weighted by Gasteiger charge is -2.31. The van der Waals surface area contributed by atoms with Gasteiger partial charge in [0.15, 0.2) is 0 Å². The van der Waals surface area contributed by atoms with Crippen LogP contribution in [0.5, 0.6) is 0 Å². The molecule has 1 aliphatic heterocycles. The standard InChI is InChI=1S/C13H16FNO/c1-2-15-8-7-10(9-13(15)16)11-5-3-4-6-12(11)14/h3-6,10H,2,7-9H2,1H3. The second-order valence-corrected chi connectivity index (χ2v) is 4.18. The van der Waals surface area contributed by atoms with Gasteiger partial charge in [0.25, 0.3) is 0 Å². The molecule has 16 heavy (non-hydrogen) atoms. The van der Waals surface area contributed by atoms with Crippen LogP contribution in [0.1, 0.15) is 31.2 Å². The van der Waals surface area contributed by atoms with E-state index in [4.69, 9.17) is 0 Å².